The highest BCUT2D eigenvalue weighted by Gasteiger charge is 2.63. The fraction of sp³-hybridized carbons (Fsp3) is 0.867. The van der Waals surface area contributed by atoms with E-state index in [4.69, 9.17) is 4.74 Å². The SMILES string of the molecule is CC(C)(C)OC(=O)[C@H]1CCC[C@@]2(C)C(=O)CC[C@@]12O. The van der Waals surface area contributed by atoms with E-state index >= 15 is 0 Å². The van der Waals surface area contributed by atoms with Gasteiger partial charge in [-0.15, -0.1) is 0 Å². The van der Waals surface area contributed by atoms with Crippen LogP contribution in [0.1, 0.15) is 59.8 Å². The maximum atomic E-state index is 12.3. The van der Waals surface area contributed by atoms with E-state index in [2.05, 4.69) is 0 Å². The van der Waals surface area contributed by atoms with Gasteiger partial charge in [-0.05, 0) is 47.0 Å². The van der Waals surface area contributed by atoms with Crippen LogP contribution >= 0.6 is 0 Å². The molecule has 3 atom stereocenters. The molecular formula is C15H24O4. The van der Waals surface area contributed by atoms with Crippen molar-refractivity contribution in [2.24, 2.45) is 11.3 Å². The zero-order chi connectivity index (χ0) is 14.5. The van der Waals surface area contributed by atoms with E-state index in [9.17, 15) is 14.7 Å². The second-order valence-electron chi connectivity index (χ2n) is 7.16. The predicted molar refractivity (Wildman–Crippen MR) is 70.5 cm³/mol. The molecule has 2 aliphatic rings. The third kappa shape index (κ3) is 2.20. The van der Waals surface area contributed by atoms with Crippen LogP contribution < -0.4 is 0 Å². The normalized spacial score (nSPS) is 39.0. The van der Waals surface area contributed by atoms with Crippen molar-refractivity contribution in [1.82, 2.24) is 0 Å². The summed E-state index contributed by atoms with van der Waals surface area (Å²) in [6.45, 7) is 7.25. The molecule has 0 aliphatic heterocycles. The molecule has 0 aromatic rings. The fourth-order valence-corrected chi connectivity index (χ4v) is 3.60. The summed E-state index contributed by atoms with van der Waals surface area (Å²) in [7, 11) is 0. The zero-order valence-electron chi connectivity index (χ0n) is 12.3. The van der Waals surface area contributed by atoms with Crippen LogP contribution in [0.3, 0.4) is 0 Å². The lowest BCUT2D eigenvalue weighted by molar-refractivity contribution is -0.186. The molecule has 0 bridgehead atoms. The second-order valence-corrected chi connectivity index (χ2v) is 7.16. The summed E-state index contributed by atoms with van der Waals surface area (Å²) < 4.78 is 5.42. The summed E-state index contributed by atoms with van der Waals surface area (Å²) in [4.78, 5) is 24.4. The Bertz CT molecular complexity index is 409. The van der Waals surface area contributed by atoms with Crippen LogP contribution in [0.25, 0.3) is 0 Å². The molecule has 2 fully saturated rings. The number of ketones is 1. The van der Waals surface area contributed by atoms with Gasteiger partial charge in [0, 0.05) is 6.42 Å². The first kappa shape index (κ1) is 14.5. The van der Waals surface area contributed by atoms with Gasteiger partial charge >= 0.3 is 5.97 Å². The van der Waals surface area contributed by atoms with Gasteiger partial charge in [0.1, 0.15) is 11.4 Å². The first-order chi connectivity index (χ1) is 8.60. The molecule has 0 aromatic heterocycles. The Morgan fingerprint density at radius 1 is 1.37 bits per heavy atom. The minimum Gasteiger partial charge on any atom is -0.460 e. The molecule has 2 saturated carbocycles. The van der Waals surface area contributed by atoms with E-state index < -0.39 is 22.5 Å². The lowest BCUT2D eigenvalue weighted by atomic mass is 9.61. The van der Waals surface area contributed by atoms with E-state index in [0.717, 1.165) is 6.42 Å². The minimum atomic E-state index is -1.22. The standard InChI is InChI=1S/C15H24O4/c1-13(2,3)19-12(17)10-6-5-8-14(4)11(16)7-9-15(10,14)18/h10,18H,5-9H2,1-4H3/t10-,14+,15-/m1/s1. The predicted octanol–water partition coefficient (Wildman–Crippen LogP) is 2.23. The number of Topliss-reactive ketones (excluding diaryl/α,β-unsaturated/α-hetero) is 1. The molecule has 0 saturated heterocycles. The number of aliphatic hydroxyl groups is 1. The summed E-state index contributed by atoms with van der Waals surface area (Å²) in [5.41, 5.74) is -2.55. The zero-order valence-corrected chi connectivity index (χ0v) is 12.3. The molecule has 0 radical (unpaired) electrons. The second kappa shape index (κ2) is 4.30. The summed E-state index contributed by atoms with van der Waals surface area (Å²) in [5, 5.41) is 10.9. The molecule has 19 heavy (non-hydrogen) atoms. The molecule has 4 nitrogen and oxygen atoms in total. The molecule has 0 amide bonds. The van der Waals surface area contributed by atoms with E-state index in [-0.39, 0.29) is 11.8 Å². The smallest absolute Gasteiger partial charge is 0.312 e. The van der Waals surface area contributed by atoms with Crippen LogP contribution in [-0.2, 0) is 14.3 Å². The van der Waals surface area contributed by atoms with Gasteiger partial charge in [0.2, 0.25) is 0 Å². The van der Waals surface area contributed by atoms with Gasteiger partial charge in [0.15, 0.2) is 0 Å². The first-order valence-corrected chi connectivity index (χ1v) is 7.09. The molecule has 2 aliphatic carbocycles. The number of carbonyl (C=O) groups excluding carboxylic acids is 2. The fourth-order valence-electron chi connectivity index (χ4n) is 3.60. The average molecular weight is 268 g/mol. The maximum Gasteiger partial charge on any atom is 0.312 e. The Labute approximate surface area is 114 Å². The number of carbonyl (C=O) groups is 2. The van der Waals surface area contributed by atoms with E-state index in [1.807, 2.05) is 20.8 Å². The van der Waals surface area contributed by atoms with Crippen LogP contribution in [0.15, 0.2) is 0 Å². The summed E-state index contributed by atoms with van der Waals surface area (Å²) in [5.74, 6) is -0.851. The van der Waals surface area contributed by atoms with Gasteiger partial charge in [-0.1, -0.05) is 6.42 Å². The van der Waals surface area contributed by atoms with Crippen molar-refractivity contribution in [2.45, 2.75) is 71.0 Å². The van der Waals surface area contributed by atoms with Crippen molar-refractivity contribution in [3.05, 3.63) is 0 Å². The first-order valence-electron chi connectivity index (χ1n) is 7.09. The molecule has 0 spiro atoms. The Morgan fingerprint density at radius 2 is 2.00 bits per heavy atom. The number of ether oxygens (including phenoxy) is 1. The minimum absolute atomic E-state index is 0.0864. The van der Waals surface area contributed by atoms with Gasteiger partial charge in [-0.25, -0.2) is 0 Å². The van der Waals surface area contributed by atoms with Gasteiger partial charge in [-0.2, -0.15) is 0 Å². The highest BCUT2D eigenvalue weighted by Crippen LogP contribution is 2.55. The summed E-state index contributed by atoms with van der Waals surface area (Å²) in [6.07, 6.45) is 2.81. The number of hydrogen-bond acceptors (Lipinski definition) is 4. The molecule has 2 rings (SSSR count). The Balaban J connectivity index is 2.27. The van der Waals surface area contributed by atoms with Gasteiger partial charge in [0.25, 0.3) is 0 Å². The molecule has 108 valence electrons. The van der Waals surface area contributed by atoms with Crippen molar-refractivity contribution < 1.29 is 19.4 Å². The highest BCUT2D eigenvalue weighted by atomic mass is 16.6. The Morgan fingerprint density at radius 3 is 2.58 bits per heavy atom. The van der Waals surface area contributed by atoms with E-state index in [1.54, 1.807) is 6.92 Å². The molecule has 4 heteroatoms. The number of esters is 1. The van der Waals surface area contributed by atoms with E-state index in [0.29, 0.717) is 25.7 Å². The largest absolute Gasteiger partial charge is 0.460 e. The Kier molecular flexibility index (Phi) is 3.28. The maximum absolute atomic E-state index is 12.3. The molecular weight excluding hydrogens is 244 g/mol. The van der Waals surface area contributed by atoms with Crippen LogP contribution in [-0.4, -0.2) is 28.1 Å². The molecule has 0 aromatic carbocycles. The molecule has 0 unspecified atom stereocenters. The Hall–Kier alpha value is -0.900. The lowest BCUT2D eigenvalue weighted by Crippen LogP contribution is -2.56. The van der Waals surface area contributed by atoms with Gasteiger partial charge in [-0.3, -0.25) is 9.59 Å². The summed E-state index contributed by atoms with van der Waals surface area (Å²) in [6, 6.07) is 0. The summed E-state index contributed by atoms with van der Waals surface area (Å²) >= 11 is 0. The van der Waals surface area contributed by atoms with Crippen LogP contribution in [0, 0.1) is 11.3 Å². The van der Waals surface area contributed by atoms with Crippen molar-refractivity contribution >= 4 is 11.8 Å². The number of rotatable bonds is 1. The van der Waals surface area contributed by atoms with Crippen molar-refractivity contribution in [3.63, 3.8) is 0 Å². The van der Waals surface area contributed by atoms with E-state index in [1.165, 1.54) is 0 Å². The third-order valence-electron chi connectivity index (χ3n) is 4.74. The van der Waals surface area contributed by atoms with Gasteiger partial charge < -0.3 is 9.84 Å². The van der Waals surface area contributed by atoms with Crippen LogP contribution in [0.4, 0.5) is 0 Å². The van der Waals surface area contributed by atoms with Crippen molar-refractivity contribution in [1.29, 1.82) is 0 Å². The molecule has 0 heterocycles. The molecule has 1 N–H and O–H groups in total. The monoisotopic (exact) mass is 268 g/mol. The van der Waals surface area contributed by atoms with Gasteiger partial charge in [0.05, 0.1) is 16.9 Å². The topological polar surface area (TPSA) is 63.6 Å². The van der Waals surface area contributed by atoms with Crippen LogP contribution in [0.5, 0.6) is 0 Å². The van der Waals surface area contributed by atoms with Crippen molar-refractivity contribution in [3.8, 4) is 0 Å². The average Bonchev–Trinajstić information content (AvgIpc) is 2.49. The van der Waals surface area contributed by atoms with Crippen molar-refractivity contribution in [2.75, 3.05) is 0 Å². The van der Waals surface area contributed by atoms with Crippen LogP contribution in [0.2, 0.25) is 0 Å². The number of hydrogen-bond donors (Lipinski definition) is 1. The highest BCUT2D eigenvalue weighted by molar-refractivity contribution is 5.90. The third-order valence-corrected chi connectivity index (χ3v) is 4.74. The lowest BCUT2D eigenvalue weighted by Gasteiger charge is -2.47. The quantitative estimate of drug-likeness (QED) is 0.741. The number of fused-ring (bicyclic) bond motifs is 1.